The van der Waals surface area contributed by atoms with Crippen molar-refractivity contribution in [3.8, 4) is 22.6 Å². The fourth-order valence-electron chi connectivity index (χ4n) is 7.71. The maximum absolute atomic E-state index is 6.31. The average Bonchev–Trinajstić information content (AvgIpc) is 3.40. The highest BCUT2D eigenvalue weighted by Crippen LogP contribution is 2.47. The van der Waals surface area contributed by atoms with Gasteiger partial charge in [-0.2, -0.15) is 0 Å². The number of hydrogen-bond donors (Lipinski definition) is 0. The van der Waals surface area contributed by atoms with Crippen molar-refractivity contribution < 1.29 is 4.74 Å². The van der Waals surface area contributed by atoms with Gasteiger partial charge in [-0.1, -0.05) is 114 Å². The molecule has 4 heterocycles. The van der Waals surface area contributed by atoms with E-state index in [0.717, 1.165) is 22.5 Å². The molecular weight excluding hydrogens is 585 g/mol. The monoisotopic (exact) mass is 623 g/mol. The standard InChI is InChI=1S/C43H38BN3O/c1-42(2,3)27-20-21-36-37(23-27)46(29-14-9-7-10-15-29)38-24-28(43(4,5)6)22-34-32-18-13-19-33-35-25-31(48-30-16-11-8-12-17-30)26-45-41(35)47(40(32)33)44(36)39(34)38/h7-26H,1-6H3. The van der Waals surface area contributed by atoms with Crippen LogP contribution in [-0.4, -0.2) is 16.3 Å². The van der Waals surface area contributed by atoms with Crippen LogP contribution >= 0.6 is 0 Å². The minimum Gasteiger partial charge on any atom is -0.456 e. The van der Waals surface area contributed by atoms with E-state index in [4.69, 9.17) is 9.72 Å². The Morgan fingerprint density at radius 1 is 0.604 bits per heavy atom. The van der Waals surface area contributed by atoms with E-state index in [1.807, 2.05) is 36.5 Å². The van der Waals surface area contributed by atoms with Crippen LogP contribution in [0.5, 0.6) is 11.5 Å². The van der Waals surface area contributed by atoms with Crippen molar-refractivity contribution >= 4 is 56.8 Å². The molecule has 0 fully saturated rings. The number of rotatable bonds is 3. The number of anilines is 3. The molecule has 0 saturated carbocycles. The first kappa shape index (κ1) is 28.9. The Morgan fingerprint density at radius 3 is 2.04 bits per heavy atom. The van der Waals surface area contributed by atoms with Gasteiger partial charge in [-0.25, -0.2) is 4.98 Å². The molecule has 2 aliphatic rings. The van der Waals surface area contributed by atoms with E-state index < -0.39 is 0 Å². The van der Waals surface area contributed by atoms with Crippen LogP contribution in [0.2, 0.25) is 0 Å². The second kappa shape index (κ2) is 10.1. The van der Waals surface area contributed by atoms with Gasteiger partial charge in [0.15, 0.2) is 0 Å². The molecule has 2 aliphatic heterocycles. The minimum atomic E-state index is -0.0451. The second-order valence-electron chi connectivity index (χ2n) is 15.3. The summed E-state index contributed by atoms with van der Waals surface area (Å²) in [6.45, 7) is 13.8. The van der Waals surface area contributed by atoms with Crippen LogP contribution in [0, 0.1) is 0 Å². The number of aromatic nitrogens is 2. The predicted octanol–water partition coefficient (Wildman–Crippen LogP) is 9.99. The highest BCUT2D eigenvalue weighted by molar-refractivity contribution is 6.90. The Morgan fingerprint density at radius 2 is 1.31 bits per heavy atom. The summed E-state index contributed by atoms with van der Waals surface area (Å²) in [6, 6.07) is 41.7. The van der Waals surface area contributed by atoms with Gasteiger partial charge >= 0.3 is 6.85 Å². The summed E-state index contributed by atoms with van der Waals surface area (Å²) in [7, 11) is 0. The molecule has 5 aromatic carbocycles. The molecule has 234 valence electrons. The van der Waals surface area contributed by atoms with Crippen LogP contribution in [0.15, 0.2) is 121 Å². The van der Waals surface area contributed by atoms with E-state index in [9.17, 15) is 0 Å². The van der Waals surface area contributed by atoms with Gasteiger partial charge in [0.25, 0.3) is 0 Å². The average molecular weight is 624 g/mol. The number of benzene rings is 5. The van der Waals surface area contributed by atoms with Gasteiger partial charge in [-0.05, 0) is 80.9 Å². The maximum Gasteiger partial charge on any atom is 0.334 e. The summed E-state index contributed by atoms with van der Waals surface area (Å²) in [5, 5.41) is 2.30. The molecule has 2 aromatic heterocycles. The number of nitrogens with zero attached hydrogens (tertiary/aromatic N) is 3. The number of ether oxygens (including phenoxy) is 1. The quantitative estimate of drug-likeness (QED) is 0.184. The number of para-hydroxylation sites is 3. The SMILES string of the molecule is CC(C)(C)c1ccc2c(c1)N(c1ccccc1)c1cc(C(C)(C)C)cc3c1B2n1c2ncc(Oc4ccccc4)cc2c2cccc-3c21. The largest absolute Gasteiger partial charge is 0.456 e. The lowest BCUT2D eigenvalue weighted by Gasteiger charge is -2.42. The number of hydrogen-bond acceptors (Lipinski definition) is 3. The van der Waals surface area contributed by atoms with Gasteiger partial charge in [0.05, 0.1) is 6.20 Å². The fourth-order valence-corrected chi connectivity index (χ4v) is 7.71. The summed E-state index contributed by atoms with van der Waals surface area (Å²) in [5.41, 5.74) is 13.6. The molecule has 4 nitrogen and oxygen atoms in total. The molecule has 0 saturated heterocycles. The molecule has 5 heteroatoms. The molecule has 0 amide bonds. The van der Waals surface area contributed by atoms with Crippen molar-refractivity contribution in [2.45, 2.75) is 52.4 Å². The van der Waals surface area contributed by atoms with Crippen molar-refractivity contribution in [1.82, 2.24) is 9.46 Å². The lowest BCUT2D eigenvalue weighted by Crippen LogP contribution is -2.57. The van der Waals surface area contributed by atoms with Gasteiger partial charge in [-0.3, -0.25) is 0 Å². The van der Waals surface area contributed by atoms with Crippen molar-refractivity contribution in [2.75, 3.05) is 4.90 Å². The van der Waals surface area contributed by atoms with Crippen LogP contribution in [0.4, 0.5) is 17.1 Å². The lowest BCUT2D eigenvalue weighted by atomic mass is 9.44. The van der Waals surface area contributed by atoms with Crippen LogP contribution in [-0.2, 0) is 10.8 Å². The highest BCUT2D eigenvalue weighted by Gasteiger charge is 2.44. The van der Waals surface area contributed by atoms with E-state index in [1.165, 1.54) is 61.1 Å². The number of fused-ring (bicyclic) bond motifs is 7. The summed E-state index contributed by atoms with van der Waals surface area (Å²) >= 11 is 0. The molecule has 0 aliphatic carbocycles. The van der Waals surface area contributed by atoms with Gasteiger partial charge in [0.2, 0.25) is 0 Å². The van der Waals surface area contributed by atoms with E-state index in [1.54, 1.807) is 0 Å². The van der Waals surface area contributed by atoms with Gasteiger partial charge in [-0.15, -0.1) is 0 Å². The smallest absolute Gasteiger partial charge is 0.334 e. The Labute approximate surface area is 282 Å². The van der Waals surface area contributed by atoms with Gasteiger partial charge in [0.1, 0.15) is 17.1 Å². The van der Waals surface area contributed by atoms with Crippen LogP contribution in [0.25, 0.3) is 33.1 Å². The summed E-state index contributed by atoms with van der Waals surface area (Å²) in [5.74, 6) is 1.54. The normalized spacial score (nSPS) is 13.5. The van der Waals surface area contributed by atoms with E-state index in [2.05, 4.69) is 136 Å². The Kier molecular flexibility index (Phi) is 6.09. The van der Waals surface area contributed by atoms with Crippen molar-refractivity contribution in [3.63, 3.8) is 0 Å². The zero-order valence-corrected chi connectivity index (χ0v) is 28.4. The van der Waals surface area contributed by atoms with Gasteiger partial charge < -0.3 is 14.1 Å². The van der Waals surface area contributed by atoms with Crippen molar-refractivity contribution in [3.05, 3.63) is 133 Å². The zero-order valence-electron chi connectivity index (χ0n) is 28.4. The summed E-state index contributed by atoms with van der Waals surface area (Å²) in [6.07, 6.45) is 1.87. The first-order valence-corrected chi connectivity index (χ1v) is 16.9. The summed E-state index contributed by atoms with van der Waals surface area (Å²) < 4.78 is 8.82. The highest BCUT2D eigenvalue weighted by atomic mass is 16.5. The molecule has 7 aromatic rings. The molecule has 0 atom stereocenters. The minimum absolute atomic E-state index is 0.000624. The van der Waals surface area contributed by atoms with Gasteiger partial charge in [0, 0.05) is 38.9 Å². The van der Waals surface area contributed by atoms with Crippen LogP contribution in [0.3, 0.4) is 0 Å². The molecule has 9 rings (SSSR count). The molecule has 0 N–H and O–H groups in total. The van der Waals surface area contributed by atoms with E-state index >= 15 is 0 Å². The molecule has 0 spiro atoms. The molecule has 0 bridgehead atoms. The topological polar surface area (TPSA) is 30.3 Å². The zero-order chi connectivity index (χ0) is 32.9. The second-order valence-corrected chi connectivity index (χ2v) is 15.3. The Balaban J connectivity index is 1.39. The van der Waals surface area contributed by atoms with Crippen molar-refractivity contribution in [2.24, 2.45) is 0 Å². The first-order chi connectivity index (χ1) is 23.1. The first-order valence-electron chi connectivity index (χ1n) is 16.9. The number of pyridine rings is 1. The van der Waals surface area contributed by atoms with Crippen LogP contribution in [0.1, 0.15) is 52.7 Å². The maximum atomic E-state index is 6.31. The third kappa shape index (κ3) is 4.26. The molecule has 48 heavy (non-hydrogen) atoms. The predicted molar refractivity (Wildman–Crippen MR) is 202 cm³/mol. The molecular formula is C43H38BN3O. The van der Waals surface area contributed by atoms with E-state index in [0.29, 0.717) is 0 Å². The molecule has 0 unspecified atom stereocenters. The summed E-state index contributed by atoms with van der Waals surface area (Å²) in [4.78, 5) is 7.68. The lowest BCUT2D eigenvalue weighted by molar-refractivity contribution is 0.481. The fraction of sp³-hybridized carbons (Fsp3) is 0.186. The third-order valence-corrected chi connectivity index (χ3v) is 10.1. The third-order valence-electron chi connectivity index (χ3n) is 10.1. The van der Waals surface area contributed by atoms with E-state index in [-0.39, 0.29) is 17.7 Å². The molecule has 0 radical (unpaired) electrons. The Hall–Kier alpha value is -5.29. The van der Waals surface area contributed by atoms with Crippen molar-refractivity contribution in [1.29, 1.82) is 0 Å². The Bertz CT molecular complexity index is 2400. The van der Waals surface area contributed by atoms with Crippen LogP contribution < -0.4 is 20.6 Å².